The summed E-state index contributed by atoms with van der Waals surface area (Å²) < 4.78 is 0. The topological polar surface area (TPSA) is 98.4 Å². The molecule has 0 saturated heterocycles. The lowest BCUT2D eigenvalue weighted by molar-refractivity contribution is -0.134. The zero-order chi connectivity index (χ0) is 19.8. The van der Waals surface area contributed by atoms with Gasteiger partial charge in [0, 0.05) is 18.8 Å². The molecule has 0 aromatic heterocycles. The normalized spacial score (nSPS) is 40.9. The van der Waals surface area contributed by atoms with Crippen LogP contribution in [0, 0.1) is 39.9 Å². The molecule has 6 unspecified atom stereocenters. The Bertz CT molecular complexity index is 689. The van der Waals surface area contributed by atoms with Crippen molar-refractivity contribution in [2.45, 2.75) is 77.7 Å². The summed E-state index contributed by atoms with van der Waals surface area (Å²) in [6.45, 7) is 3.55. The van der Waals surface area contributed by atoms with Crippen LogP contribution in [0.1, 0.15) is 71.6 Å². The third-order valence-corrected chi connectivity index (χ3v) is 7.96. The van der Waals surface area contributed by atoms with Gasteiger partial charge < -0.3 is 10.2 Å². The molecule has 148 valence electrons. The van der Waals surface area contributed by atoms with Crippen molar-refractivity contribution in [1.29, 1.82) is 5.26 Å². The SMILES string of the molecule is CC(=O)O.CC12CCCC1C1CCC3=CC(=O)CCC3(C(O)C#N)C1CC2. The smallest absolute Gasteiger partial charge is 0.300 e. The number of fused-ring (bicyclic) bond motifs is 5. The molecule has 0 amide bonds. The molecular formula is C22H31NO4. The number of aliphatic carboxylic acids is 1. The van der Waals surface area contributed by atoms with Crippen LogP contribution in [0.4, 0.5) is 0 Å². The number of hydrogen-bond donors (Lipinski definition) is 2. The van der Waals surface area contributed by atoms with Gasteiger partial charge in [0.2, 0.25) is 0 Å². The van der Waals surface area contributed by atoms with Crippen LogP contribution in [0.25, 0.3) is 0 Å². The highest BCUT2D eigenvalue weighted by molar-refractivity contribution is 5.91. The van der Waals surface area contributed by atoms with Gasteiger partial charge in [-0.1, -0.05) is 18.9 Å². The molecule has 27 heavy (non-hydrogen) atoms. The molecule has 4 aliphatic carbocycles. The Labute approximate surface area is 161 Å². The Hall–Kier alpha value is -1.67. The Morgan fingerprint density at radius 1 is 1.22 bits per heavy atom. The molecule has 0 spiro atoms. The van der Waals surface area contributed by atoms with Crippen LogP contribution in [-0.2, 0) is 9.59 Å². The highest BCUT2D eigenvalue weighted by atomic mass is 16.4. The molecule has 0 bridgehead atoms. The van der Waals surface area contributed by atoms with Crippen molar-refractivity contribution in [2.75, 3.05) is 0 Å². The van der Waals surface area contributed by atoms with Gasteiger partial charge in [0.15, 0.2) is 5.78 Å². The van der Waals surface area contributed by atoms with Crippen molar-refractivity contribution in [1.82, 2.24) is 0 Å². The Morgan fingerprint density at radius 2 is 1.93 bits per heavy atom. The number of aliphatic hydroxyl groups excluding tert-OH is 1. The lowest BCUT2D eigenvalue weighted by Crippen LogP contribution is -2.55. The van der Waals surface area contributed by atoms with Gasteiger partial charge in [0.1, 0.15) is 6.10 Å². The van der Waals surface area contributed by atoms with Crippen LogP contribution in [0.5, 0.6) is 0 Å². The molecule has 0 aromatic rings. The number of ketones is 1. The van der Waals surface area contributed by atoms with Gasteiger partial charge in [-0.15, -0.1) is 0 Å². The van der Waals surface area contributed by atoms with Crippen LogP contribution < -0.4 is 0 Å². The number of nitrogens with zero attached hydrogens (tertiary/aromatic N) is 1. The van der Waals surface area contributed by atoms with E-state index in [4.69, 9.17) is 9.90 Å². The molecule has 0 heterocycles. The first kappa shape index (κ1) is 20.1. The van der Waals surface area contributed by atoms with E-state index in [2.05, 4.69) is 13.0 Å². The molecular weight excluding hydrogens is 342 g/mol. The minimum atomic E-state index is -0.958. The van der Waals surface area contributed by atoms with Crippen LogP contribution >= 0.6 is 0 Å². The number of hydrogen-bond acceptors (Lipinski definition) is 4. The van der Waals surface area contributed by atoms with Gasteiger partial charge in [-0.3, -0.25) is 9.59 Å². The van der Waals surface area contributed by atoms with Crippen molar-refractivity contribution < 1.29 is 19.8 Å². The second-order valence-corrected chi connectivity index (χ2v) is 9.23. The average Bonchev–Trinajstić information content (AvgIpc) is 3.02. The van der Waals surface area contributed by atoms with Crippen molar-refractivity contribution in [2.24, 2.45) is 28.6 Å². The van der Waals surface area contributed by atoms with Crippen LogP contribution in [0.3, 0.4) is 0 Å². The van der Waals surface area contributed by atoms with E-state index in [9.17, 15) is 15.2 Å². The first-order valence-electron chi connectivity index (χ1n) is 10.3. The Balaban J connectivity index is 0.000000481. The van der Waals surface area contributed by atoms with E-state index in [1.54, 1.807) is 6.08 Å². The number of nitriles is 1. The van der Waals surface area contributed by atoms with Gasteiger partial charge in [0.05, 0.1) is 6.07 Å². The minimum absolute atomic E-state index is 0.181. The fourth-order valence-electron chi connectivity index (χ4n) is 6.89. The zero-order valence-electron chi connectivity index (χ0n) is 16.4. The molecule has 2 N–H and O–H groups in total. The molecule has 0 aliphatic heterocycles. The minimum Gasteiger partial charge on any atom is -0.481 e. The lowest BCUT2D eigenvalue weighted by Gasteiger charge is -2.58. The van der Waals surface area contributed by atoms with Gasteiger partial charge >= 0.3 is 0 Å². The summed E-state index contributed by atoms with van der Waals surface area (Å²) in [7, 11) is 0. The fraction of sp³-hybridized carbons (Fsp3) is 0.773. The summed E-state index contributed by atoms with van der Waals surface area (Å²) in [6.07, 6.45) is 10.4. The van der Waals surface area contributed by atoms with Gasteiger partial charge in [0.25, 0.3) is 5.97 Å². The molecule has 0 aromatic carbocycles. The van der Waals surface area contributed by atoms with Gasteiger partial charge in [-0.2, -0.15) is 5.26 Å². The molecule has 4 rings (SSSR count). The number of carboxylic acids is 1. The monoisotopic (exact) mass is 373 g/mol. The number of carbonyl (C=O) groups is 2. The van der Waals surface area contributed by atoms with E-state index in [1.807, 2.05) is 0 Å². The maximum atomic E-state index is 11.9. The first-order chi connectivity index (χ1) is 12.7. The summed E-state index contributed by atoms with van der Waals surface area (Å²) in [5.74, 6) is 1.12. The maximum absolute atomic E-state index is 11.9. The maximum Gasteiger partial charge on any atom is 0.300 e. The van der Waals surface area contributed by atoms with Crippen molar-refractivity contribution in [3.05, 3.63) is 11.6 Å². The third kappa shape index (κ3) is 3.33. The number of carboxylic acid groups (broad SMARTS) is 1. The molecule has 5 nitrogen and oxygen atoms in total. The summed E-state index contributed by atoms with van der Waals surface area (Å²) >= 11 is 0. The van der Waals surface area contributed by atoms with E-state index in [-0.39, 0.29) is 5.78 Å². The second-order valence-electron chi connectivity index (χ2n) is 9.23. The molecule has 6 atom stereocenters. The predicted molar refractivity (Wildman–Crippen MR) is 101 cm³/mol. The molecule has 4 aliphatic rings. The summed E-state index contributed by atoms with van der Waals surface area (Å²) in [5.41, 5.74) is 1.13. The Kier molecular flexibility index (Phi) is 5.49. The van der Waals surface area contributed by atoms with E-state index in [1.165, 1.54) is 25.7 Å². The summed E-state index contributed by atoms with van der Waals surface area (Å²) in [5, 5.41) is 27.6. The van der Waals surface area contributed by atoms with Crippen molar-refractivity contribution in [3.8, 4) is 6.07 Å². The quantitative estimate of drug-likeness (QED) is 0.680. The van der Waals surface area contributed by atoms with Crippen LogP contribution in [0.2, 0.25) is 0 Å². The predicted octanol–water partition coefficient (Wildman–Crippen LogP) is 3.86. The average molecular weight is 373 g/mol. The molecule has 3 saturated carbocycles. The highest BCUT2D eigenvalue weighted by Crippen LogP contribution is 2.66. The standard InChI is InChI=1S/C20H27NO2.C2H4O2/c1-19-8-2-3-16(19)15-5-4-13-11-14(22)6-10-20(13,18(23)12-21)17(15)7-9-19;1-2(3)4/h11,15-18,23H,2-10H2,1H3;1H3,(H,3,4). The summed E-state index contributed by atoms with van der Waals surface area (Å²) in [4.78, 5) is 20.9. The number of carbonyl (C=O) groups excluding carboxylic acids is 1. The highest BCUT2D eigenvalue weighted by Gasteiger charge is 2.60. The van der Waals surface area contributed by atoms with E-state index >= 15 is 0 Å². The molecule has 3 fully saturated rings. The number of aliphatic hydroxyl groups is 1. The molecule has 5 heteroatoms. The van der Waals surface area contributed by atoms with Crippen molar-refractivity contribution >= 4 is 11.8 Å². The fourth-order valence-corrected chi connectivity index (χ4v) is 6.89. The first-order valence-corrected chi connectivity index (χ1v) is 10.3. The lowest BCUT2D eigenvalue weighted by atomic mass is 9.46. The van der Waals surface area contributed by atoms with Crippen LogP contribution in [0.15, 0.2) is 11.6 Å². The van der Waals surface area contributed by atoms with Crippen molar-refractivity contribution in [3.63, 3.8) is 0 Å². The van der Waals surface area contributed by atoms with E-state index in [0.717, 1.165) is 37.7 Å². The van der Waals surface area contributed by atoms with E-state index in [0.29, 0.717) is 30.1 Å². The Morgan fingerprint density at radius 3 is 2.59 bits per heavy atom. The molecule has 0 radical (unpaired) electrons. The largest absolute Gasteiger partial charge is 0.481 e. The van der Waals surface area contributed by atoms with Gasteiger partial charge in [-0.05, 0) is 74.2 Å². The summed E-state index contributed by atoms with van der Waals surface area (Å²) in [6, 6.07) is 2.15. The van der Waals surface area contributed by atoms with Gasteiger partial charge in [-0.25, -0.2) is 0 Å². The third-order valence-electron chi connectivity index (χ3n) is 7.96. The zero-order valence-corrected chi connectivity index (χ0v) is 16.4. The second kappa shape index (κ2) is 7.39. The number of rotatable bonds is 1. The van der Waals surface area contributed by atoms with E-state index < -0.39 is 17.5 Å². The van der Waals surface area contributed by atoms with Crippen LogP contribution in [-0.4, -0.2) is 28.1 Å².